The molecule has 1 aliphatic heterocycles. The Bertz CT molecular complexity index is 562. The lowest BCUT2D eigenvalue weighted by Crippen LogP contribution is -2.38. The molecule has 4 nitrogen and oxygen atoms in total. The van der Waals surface area contributed by atoms with Crippen molar-refractivity contribution in [1.82, 2.24) is 4.90 Å². The fraction of sp³-hybridized carbons (Fsp3) is 0.500. The molecule has 22 heavy (non-hydrogen) atoms. The lowest BCUT2D eigenvalue weighted by atomic mass is 10.0. The molecule has 0 aliphatic carbocycles. The highest BCUT2D eigenvalue weighted by Gasteiger charge is 2.41. The van der Waals surface area contributed by atoms with Gasteiger partial charge in [0.2, 0.25) is 0 Å². The van der Waals surface area contributed by atoms with Crippen LogP contribution in [-0.4, -0.2) is 39.0 Å². The number of thioether (sulfide) groups is 1. The van der Waals surface area contributed by atoms with E-state index in [9.17, 15) is 9.90 Å². The first-order valence-corrected chi connectivity index (χ1v) is 8.70. The van der Waals surface area contributed by atoms with E-state index in [1.165, 1.54) is 0 Å². The number of halogens is 1. The molecule has 1 aliphatic rings. The summed E-state index contributed by atoms with van der Waals surface area (Å²) >= 11 is 7.46. The van der Waals surface area contributed by atoms with Crippen LogP contribution in [-0.2, 0) is 4.79 Å². The molecule has 6 heteroatoms. The Balaban J connectivity index is 2.28. The van der Waals surface area contributed by atoms with Gasteiger partial charge in [-0.3, -0.25) is 4.79 Å². The molecule has 1 heterocycles. The number of hydrogen-bond donors (Lipinski definition) is 1. The Kier molecular flexibility index (Phi) is 5.75. The van der Waals surface area contributed by atoms with Gasteiger partial charge in [0.1, 0.15) is 0 Å². The molecule has 3 atom stereocenters. The van der Waals surface area contributed by atoms with Crippen molar-refractivity contribution in [2.75, 3.05) is 6.54 Å². The summed E-state index contributed by atoms with van der Waals surface area (Å²) in [6.45, 7) is 6.84. The predicted molar refractivity (Wildman–Crippen MR) is 93.2 cm³/mol. The summed E-state index contributed by atoms with van der Waals surface area (Å²) in [5.41, 5.74) is 0.837. The largest absolute Gasteiger partial charge is 0.481 e. The van der Waals surface area contributed by atoms with Crippen LogP contribution in [0.15, 0.2) is 29.3 Å². The zero-order valence-corrected chi connectivity index (χ0v) is 14.6. The van der Waals surface area contributed by atoms with Crippen LogP contribution in [0.1, 0.15) is 27.2 Å². The van der Waals surface area contributed by atoms with E-state index in [1.54, 1.807) is 18.7 Å². The lowest BCUT2D eigenvalue weighted by molar-refractivity contribution is -0.141. The molecule has 3 unspecified atom stereocenters. The van der Waals surface area contributed by atoms with E-state index in [-0.39, 0.29) is 11.3 Å². The van der Waals surface area contributed by atoms with Crippen LogP contribution in [0.25, 0.3) is 0 Å². The van der Waals surface area contributed by atoms with Gasteiger partial charge in [0.15, 0.2) is 5.17 Å². The van der Waals surface area contributed by atoms with Gasteiger partial charge < -0.3 is 10.0 Å². The second-order valence-electron chi connectivity index (χ2n) is 5.51. The molecule has 1 aromatic carbocycles. The van der Waals surface area contributed by atoms with Crippen molar-refractivity contribution in [3.63, 3.8) is 0 Å². The molecule has 0 spiro atoms. The minimum absolute atomic E-state index is 0.00935. The summed E-state index contributed by atoms with van der Waals surface area (Å²) in [4.78, 5) is 18.2. The predicted octanol–water partition coefficient (Wildman–Crippen LogP) is 4.26. The molecule has 1 saturated heterocycles. The third kappa shape index (κ3) is 3.76. The molecule has 1 N–H and O–H groups in total. The van der Waals surface area contributed by atoms with Gasteiger partial charge >= 0.3 is 5.97 Å². The molecule has 0 amide bonds. The molecule has 120 valence electrons. The van der Waals surface area contributed by atoms with E-state index in [0.29, 0.717) is 5.02 Å². The number of amidine groups is 1. The highest BCUT2D eigenvalue weighted by molar-refractivity contribution is 8.14. The summed E-state index contributed by atoms with van der Waals surface area (Å²) < 4.78 is 0. The molecule has 1 fully saturated rings. The van der Waals surface area contributed by atoms with Crippen LogP contribution in [0.5, 0.6) is 0 Å². The van der Waals surface area contributed by atoms with Gasteiger partial charge in [-0.05, 0) is 37.6 Å². The number of aliphatic imine (C=N–C) groups is 1. The van der Waals surface area contributed by atoms with Crippen molar-refractivity contribution in [3.8, 4) is 0 Å². The summed E-state index contributed by atoms with van der Waals surface area (Å²) in [6, 6.07) is 7.52. The van der Waals surface area contributed by atoms with Crippen LogP contribution in [0.4, 0.5) is 5.69 Å². The molecule has 1 aromatic rings. The number of carboxylic acids is 1. The number of hydrogen-bond acceptors (Lipinski definition) is 3. The summed E-state index contributed by atoms with van der Waals surface area (Å²) in [5.74, 6) is -1.16. The van der Waals surface area contributed by atoms with Crippen molar-refractivity contribution >= 4 is 40.2 Å². The van der Waals surface area contributed by atoms with Gasteiger partial charge in [-0.15, -0.1) is 0 Å². The minimum Gasteiger partial charge on any atom is -0.481 e. The fourth-order valence-electron chi connectivity index (χ4n) is 2.56. The molecule has 0 radical (unpaired) electrons. The highest BCUT2D eigenvalue weighted by Crippen LogP contribution is 2.37. The van der Waals surface area contributed by atoms with Crippen LogP contribution < -0.4 is 0 Å². The monoisotopic (exact) mass is 340 g/mol. The Morgan fingerprint density at radius 1 is 1.45 bits per heavy atom. The SMILES string of the molecule is CCCN1C(=Nc2ccc(Cl)cc2)SC(C(C)C(=O)O)C1C. The first-order chi connectivity index (χ1) is 10.4. The first kappa shape index (κ1) is 17.2. The zero-order chi connectivity index (χ0) is 16.3. The van der Waals surface area contributed by atoms with Crippen LogP contribution in [0.2, 0.25) is 5.02 Å². The summed E-state index contributed by atoms with van der Waals surface area (Å²) in [5, 5.41) is 10.9. The van der Waals surface area contributed by atoms with Gasteiger partial charge in [0, 0.05) is 22.9 Å². The number of carboxylic acid groups (broad SMARTS) is 1. The number of rotatable bonds is 5. The topological polar surface area (TPSA) is 52.9 Å². The maximum Gasteiger partial charge on any atom is 0.307 e. The summed E-state index contributed by atoms with van der Waals surface area (Å²) in [6.07, 6.45) is 0.999. The molecule has 0 bridgehead atoms. The van der Waals surface area contributed by atoms with Crippen LogP contribution in [0.3, 0.4) is 0 Å². The van der Waals surface area contributed by atoms with E-state index < -0.39 is 11.9 Å². The second-order valence-corrected chi connectivity index (χ2v) is 7.10. The van der Waals surface area contributed by atoms with Gasteiger partial charge in [-0.2, -0.15) is 0 Å². The third-order valence-electron chi connectivity index (χ3n) is 3.85. The highest BCUT2D eigenvalue weighted by atomic mass is 35.5. The standard InChI is InChI=1S/C16H21ClN2O2S/c1-4-9-19-11(3)14(10(2)15(20)21)22-16(19)18-13-7-5-12(17)6-8-13/h5-8,10-11,14H,4,9H2,1-3H3,(H,20,21). The lowest BCUT2D eigenvalue weighted by Gasteiger charge is -2.26. The van der Waals surface area contributed by atoms with Crippen LogP contribution in [0, 0.1) is 5.92 Å². The molecule has 0 aromatic heterocycles. The Hall–Kier alpha value is -1.20. The molecule has 2 rings (SSSR count). The smallest absolute Gasteiger partial charge is 0.307 e. The van der Waals surface area contributed by atoms with E-state index in [4.69, 9.17) is 16.6 Å². The average molecular weight is 341 g/mol. The van der Waals surface area contributed by atoms with Crippen molar-refractivity contribution in [3.05, 3.63) is 29.3 Å². The molecule has 0 saturated carbocycles. The van der Waals surface area contributed by atoms with Crippen LogP contribution >= 0.6 is 23.4 Å². The summed E-state index contributed by atoms with van der Waals surface area (Å²) in [7, 11) is 0. The minimum atomic E-state index is -0.756. The number of nitrogens with zero attached hydrogens (tertiary/aromatic N) is 2. The fourth-order valence-corrected chi connectivity index (χ4v) is 4.14. The van der Waals surface area contributed by atoms with Crippen molar-refractivity contribution in [2.24, 2.45) is 10.9 Å². The quantitative estimate of drug-likeness (QED) is 0.869. The molecular weight excluding hydrogens is 320 g/mol. The Labute approximate surface area is 140 Å². The van der Waals surface area contributed by atoms with Gasteiger partial charge in [-0.1, -0.05) is 37.2 Å². The van der Waals surface area contributed by atoms with E-state index in [2.05, 4.69) is 18.7 Å². The normalized spacial score (nSPS) is 24.7. The van der Waals surface area contributed by atoms with E-state index in [0.717, 1.165) is 23.8 Å². The van der Waals surface area contributed by atoms with Crippen molar-refractivity contribution < 1.29 is 9.90 Å². The van der Waals surface area contributed by atoms with E-state index in [1.807, 2.05) is 24.3 Å². The average Bonchev–Trinajstić information content (AvgIpc) is 2.78. The second kappa shape index (κ2) is 7.38. The van der Waals surface area contributed by atoms with Gasteiger partial charge in [-0.25, -0.2) is 4.99 Å². The van der Waals surface area contributed by atoms with Crippen molar-refractivity contribution in [2.45, 2.75) is 38.5 Å². The maximum atomic E-state index is 11.3. The third-order valence-corrected chi connectivity index (χ3v) is 5.72. The molecular formula is C16H21ClN2O2S. The first-order valence-electron chi connectivity index (χ1n) is 7.44. The van der Waals surface area contributed by atoms with Gasteiger partial charge in [0.25, 0.3) is 0 Å². The zero-order valence-electron chi connectivity index (χ0n) is 13.0. The number of carbonyl (C=O) groups is 1. The Morgan fingerprint density at radius 3 is 2.64 bits per heavy atom. The van der Waals surface area contributed by atoms with Gasteiger partial charge in [0.05, 0.1) is 11.6 Å². The maximum absolute atomic E-state index is 11.3. The number of benzene rings is 1. The number of aliphatic carboxylic acids is 1. The Morgan fingerprint density at radius 2 is 2.09 bits per heavy atom. The van der Waals surface area contributed by atoms with Crippen molar-refractivity contribution in [1.29, 1.82) is 0 Å². The van der Waals surface area contributed by atoms with E-state index >= 15 is 0 Å².